The van der Waals surface area contributed by atoms with Crippen LogP contribution in [0.25, 0.3) is 74.0 Å². The summed E-state index contributed by atoms with van der Waals surface area (Å²) >= 11 is 0. The van der Waals surface area contributed by atoms with Crippen molar-refractivity contribution >= 4 is 23.1 Å². The van der Waals surface area contributed by atoms with E-state index in [1.54, 1.807) is 0 Å². The molecule has 0 saturated carbocycles. The zero-order valence-corrected chi connectivity index (χ0v) is 26.8. The molecular formula is C43H34N4. The predicted molar refractivity (Wildman–Crippen MR) is 193 cm³/mol. The van der Waals surface area contributed by atoms with Crippen molar-refractivity contribution in [2.45, 2.75) is 39.0 Å². The zero-order chi connectivity index (χ0) is 31.7. The molecule has 4 nitrogen and oxygen atoms in total. The molecule has 0 aliphatic heterocycles. The van der Waals surface area contributed by atoms with Crippen molar-refractivity contribution < 1.29 is 0 Å². The van der Waals surface area contributed by atoms with Crippen molar-refractivity contribution in [1.82, 2.24) is 19.5 Å². The minimum atomic E-state index is -0.0759. The largest absolute Gasteiger partial charge is 0.310 e. The summed E-state index contributed by atoms with van der Waals surface area (Å²) in [6, 6.07) is 40.9. The molecule has 47 heavy (non-hydrogen) atoms. The highest BCUT2D eigenvalue weighted by molar-refractivity contribution is 5.94. The third-order valence-electron chi connectivity index (χ3n) is 9.88. The molecule has 0 amide bonds. The molecule has 4 heteroatoms. The van der Waals surface area contributed by atoms with E-state index in [1.807, 2.05) is 36.4 Å². The van der Waals surface area contributed by atoms with Gasteiger partial charge in [0.15, 0.2) is 17.5 Å². The maximum atomic E-state index is 5.06. The minimum Gasteiger partial charge on any atom is -0.310 e. The van der Waals surface area contributed by atoms with Gasteiger partial charge >= 0.3 is 0 Å². The van der Waals surface area contributed by atoms with Gasteiger partial charge in [-0.3, -0.25) is 0 Å². The van der Waals surface area contributed by atoms with Crippen molar-refractivity contribution in [3.63, 3.8) is 0 Å². The SMILES string of the molecule is Cc1cc(-c2nc(-c3ccccc3)nc(-c3ccccc3)n2)cc(-n2c3c(c4cc5c(cc42)C(C)(C)c2ccccc2-5)=CCCC=3)c1. The Bertz CT molecular complexity index is 2430. The summed E-state index contributed by atoms with van der Waals surface area (Å²) in [5.74, 6) is 2.00. The summed E-state index contributed by atoms with van der Waals surface area (Å²) in [5, 5.41) is 3.91. The second kappa shape index (κ2) is 10.5. The van der Waals surface area contributed by atoms with Crippen LogP contribution in [0.2, 0.25) is 0 Å². The Morgan fingerprint density at radius 3 is 1.89 bits per heavy atom. The van der Waals surface area contributed by atoms with E-state index in [-0.39, 0.29) is 5.41 Å². The molecule has 5 aromatic carbocycles. The van der Waals surface area contributed by atoms with Gasteiger partial charge in [-0.15, -0.1) is 0 Å². The Hall–Kier alpha value is -5.61. The van der Waals surface area contributed by atoms with E-state index in [1.165, 1.54) is 43.7 Å². The van der Waals surface area contributed by atoms with Crippen molar-refractivity contribution in [3.8, 4) is 51.0 Å². The summed E-state index contributed by atoms with van der Waals surface area (Å²) < 4.78 is 2.47. The Labute approximate surface area is 274 Å². The normalized spacial score (nSPS) is 14.2. The number of aromatic nitrogens is 4. The van der Waals surface area contributed by atoms with E-state index in [2.05, 4.69) is 116 Å². The number of rotatable bonds is 4. The molecule has 0 atom stereocenters. The van der Waals surface area contributed by atoms with Crippen molar-refractivity contribution in [3.05, 3.63) is 143 Å². The average molecular weight is 607 g/mol. The molecule has 2 aliphatic carbocycles. The third-order valence-corrected chi connectivity index (χ3v) is 9.88. The van der Waals surface area contributed by atoms with Crippen molar-refractivity contribution in [2.75, 3.05) is 0 Å². The summed E-state index contributed by atoms with van der Waals surface area (Å²) in [4.78, 5) is 15.0. The molecule has 0 N–H and O–H groups in total. The average Bonchev–Trinajstić information content (AvgIpc) is 3.56. The maximum absolute atomic E-state index is 5.06. The Morgan fingerprint density at radius 2 is 1.19 bits per heavy atom. The van der Waals surface area contributed by atoms with Crippen LogP contribution in [0.1, 0.15) is 43.4 Å². The van der Waals surface area contributed by atoms with Crippen molar-refractivity contribution in [2.24, 2.45) is 0 Å². The highest BCUT2D eigenvalue weighted by Gasteiger charge is 2.36. The van der Waals surface area contributed by atoms with Crippen LogP contribution in [0.4, 0.5) is 0 Å². The molecule has 0 fully saturated rings. The molecule has 0 bridgehead atoms. The number of nitrogens with zero attached hydrogens (tertiary/aromatic N) is 4. The van der Waals surface area contributed by atoms with Gasteiger partial charge in [-0.25, -0.2) is 15.0 Å². The van der Waals surface area contributed by atoms with Gasteiger partial charge in [0.2, 0.25) is 0 Å². The summed E-state index contributed by atoms with van der Waals surface area (Å²) in [6.45, 7) is 6.88. The van der Waals surface area contributed by atoms with Crippen LogP contribution >= 0.6 is 0 Å². The van der Waals surface area contributed by atoms with E-state index in [0.717, 1.165) is 40.8 Å². The first-order valence-electron chi connectivity index (χ1n) is 16.4. The summed E-state index contributed by atoms with van der Waals surface area (Å²) in [6.07, 6.45) is 6.92. The van der Waals surface area contributed by atoms with Gasteiger partial charge in [-0.05, 0) is 77.9 Å². The summed E-state index contributed by atoms with van der Waals surface area (Å²) in [7, 11) is 0. The number of benzene rings is 5. The first-order chi connectivity index (χ1) is 23.0. The second-order valence-corrected chi connectivity index (χ2v) is 13.3. The lowest BCUT2D eigenvalue weighted by Crippen LogP contribution is -2.30. The van der Waals surface area contributed by atoms with Crippen LogP contribution in [-0.2, 0) is 5.41 Å². The zero-order valence-electron chi connectivity index (χ0n) is 26.8. The van der Waals surface area contributed by atoms with E-state index >= 15 is 0 Å². The van der Waals surface area contributed by atoms with Crippen LogP contribution in [-0.4, -0.2) is 19.5 Å². The predicted octanol–water partition coefficient (Wildman–Crippen LogP) is 8.79. The summed E-state index contributed by atoms with van der Waals surface area (Å²) in [5.41, 5.74) is 11.8. The molecule has 9 rings (SSSR count). The highest BCUT2D eigenvalue weighted by atomic mass is 15.0. The van der Waals surface area contributed by atoms with Crippen LogP contribution < -0.4 is 10.6 Å². The molecule has 2 heterocycles. The van der Waals surface area contributed by atoms with Crippen LogP contribution in [0.5, 0.6) is 0 Å². The number of aryl methyl sites for hydroxylation is 1. The van der Waals surface area contributed by atoms with Gasteiger partial charge < -0.3 is 4.57 Å². The molecule has 226 valence electrons. The molecule has 2 aliphatic rings. The fourth-order valence-electron chi connectivity index (χ4n) is 7.63. The Kier molecular flexibility index (Phi) is 6.16. The number of fused-ring (bicyclic) bond motifs is 6. The fraction of sp³-hybridized carbons (Fsp3) is 0.140. The third kappa shape index (κ3) is 4.39. The van der Waals surface area contributed by atoms with Crippen molar-refractivity contribution in [1.29, 1.82) is 0 Å². The standard InChI is InChI=1S/C43H34N4/c1-27-22-30(42-45-40(28-14-6-4-7-15-28)44-41(46-42)29-16-8-5-9-17-29)24-31(23-27)47-38-21-13-11-19-33(38)35-25-34-32-18-10-12-20-36(32)43(2,3)37(34)26-39(35)47/h4-10,12,14-26H,11,13H2,1-3H3. The van der Waals surface area contributed by atoms with Gasteiger partial charge in [-0.2, -0.15) is 0 Å². The maximum Gasteiger partial charge on any atom is 0.164 e. The second-order valence-electron chi connectivity index (χ2n) is 13.3. The molecule has 0 spiro atoms. The van der Waals surface area contributed by atoms with Crippen LogP contribution in [0.3, 0.4) is 0 Å². The Morgan fingerprint density at radius 1 is 0.574 bits per heavy atom. The molecule has 7 aromatic rings. The monoisotopic (exact) mass is 606 g/mol. The first kappa shape index (κ1) is 27.7. The van der Waals surface area contributed by atoms with Gasteiger partial charge in [0.05, 0.1) is 5.52 Å². The number of hydrogen-bond donors (Lipinski definition) is 0. The van der Waals surface area contributed by atoms with E-state index in [9.17, 15) is 0 Å². The molecule has 0 unspecified atom stereocenters. The van der Waals surface area contributed by atoms with Gasteiger partial charge in [0, 0.05) is 43.7 Å². The highest BCUT2D eigenvalue weighted by Crippen LogP contribution is 2.49. The van der Waals surface area contributed by atoms with Crippen LogP contribution in [0, 0.1) is 6.92 Å². The van der Waals surface area contributed by atoms with E-state index in [4.69, 9.17) is 15.0 Å². The molecule has 0 radical (unpaired) electrons. The molecule has 0 saturated heterocycles. The Balaban J connectivity index is 1.28. The lowest BCUT2D eigenvalue weighted by molar-refractivity contribution is 0.661. The van der Waals surface area contributed by atoms with E-state index < -0.39 is 0 Å². The first-order valence-corrected chi connectivity index (χ1v) is 16.4. The van der Waals surface area contributed by atoms with Gasteiger partial charge in [0.25, 0.3) is 0 Å². The fourth-order valence-corrected chi connectivity index (χ4v) is 7.63. The lowest BCUT2D eigenvalue weighted by atomic mass is 9.82. The topological polar surface area (TPSA) is 43.6 Å². The number of hydrogen-bond acceptors (Lipinski definition) is 3. The quantitative estimate of drug-likeness (QED) is 0.201. The smallest absolute Gasteiger partial charge is 0.164 e. The van der Waals surface area contributed by atoms with Gasteiger partial charge in [-0.1, -0.05) is 111 Å². The van der Waals surface area contributed by atoms with E-state index in [0.29, 0.717) is 17.5 Å². The molecular weight excluding hydrogens is 573 g/mol. The lowest BCUT2D eigenvalue weighted by Gasteiger charge is -2.21. The molecule has 2 aromatic heterocycles. The van der Waals surface area contributed by atoms with Crippen LogP contribution in [0.15, 0.2) is 115 Å². The van der Waals surface area contributed by atoms with Gasteiger partial charge in [0.1, 0.15) is 0 Å². The minimum absolute atomic E-state index is 0.0759.